The summed E-state index contributed by atoms with van der Waals surface area (Å²) >= 11 is 3.25. The Kier molecular flexibility index (Phi) is 3.14. The molecule has 0 radical (unpaired) electrons. The summed E-state index contributed by atoms with van der Waals surface area (Å²) in [5.74, 6) is -0.00859. The van der Waals surface area contributed by atoms with Gasteiger partial charge in [-0.3, -0.25) is 4.98 Å². The molecule has 0 atom stereocenters. The number of aromatic nitrogens is 2. The van der Waals surface area contributed by atoms with Crippen LogP contribution in [-0.4, -0.2) is 9.97 Å². The molecule has 0 N–H and O–H groups in total. The molecule has 1 aromatic carbocycles. The number of benzene rings is 1. The molecule has 2 aromatic rings. The highest BCUT2D eigenvalue weighted by molar-refractivity contribution is 9.10. The molecule has 16 heavy (non-hydrogen) atoms. The maximum Gasteiger partial charge on any atom is 0.240 e. The van der Waals surface area contributed by atoms with Crippen LogP contribution in [0.5, 0.6) is 11.6 Å². The first kappa shape index (κ1) is 11.0. The zero-order valence-corrected chi connectivity index (χ0v) is 10.0. The molecule has 0 saturated carbocycles. The van der Waals surface area contributed by atoms with Crippen molar-refractivity contribution in [3.8, 4) is 11.6 Å². The molecule has 3 nitrogen and oxygen atoms in total. The van der Waals surface area contributed by atoms with Gasteiger partial charge in [-0.1, -0.05) is 15.9 Å². The fourth-order valence-electron chi connectivity index (χ4n) is 1.15. The molecule has 0 unspecified atom stereocenters. The van der Waals surface area contributed by atoms with Crippen LogP contribution in [0.15, 0.2) is 35.1 Å². The van der Waals surface area contributed by atoms with Crippen LogP contribution in [0.25, 0.3) is 0 Å². The molecule has 0 aliphatic carbocycles. The average molecular weight is 283 g/mol. The van der Waals surface area contributed by atoms with E-state index in [9.17, 15) is 4.39 Å². The van der Waals surface area contributed by atoms with Gasteiger partial charge in [0.05, 0.1) is 5.69 Å². The van der Waals surface area contributed by atoms with Gasteiger partial charge >= 0.3 is 0 Å². The van der Waals surface area contributed by atoms with Crippen LogP contribution in [0, 0.1) is 12.7 Å². The van der Waals surface area contributed by atoms with Crippen molar-refractivity contribution in [1.82, 2.24) is 9.97 Å². The smallest absolute Gasteiger partial charge is 0.240 e. The van der Waals surface area contributed by atoms with Gasteiger partial charge < -0.3 is 4.74 Å². The number of rotatable bonds is 2. The molecule has 5 heteroatoms. The van der Waals surface area contributed by atoms with E-state index in [1.165, 1.54) is 12.3 Å². The topological polar surface area (TPSA) is 35.0 Å². The Hall–Kier alpha value is -1.49. The van der Waals surface area contributed by atoms with Gasteiger partial charge in [0.15, 0.2) is 11.6 Å². The third kappa shape index (κ3) is 2.36. The van der Waals surface area contributed by atoms with Crippen molar-refractivity contribution in [2.75, 3.05) is 0 Å². The lowest BCUT2D eigenvalue weighted by Gasteiger charge is -2.07. The number of aryl methyl sites for hydroxylation is 1. The van der Waals surface area contributed by atoms with Crippen molar-refractivity contribution in [2.45, 2.75) is 6.92 Å². The van der Waals surface area contributed by atoms with Crippen LogP contribution in [0.1, 0.15) is 5.69 Å². The zero-order valence-electron chi connectivity index (χ0n) is 8.45. The fraction of sp³-hybridized carbons (Fsp3) is 0.0909. The number of ether oxygens (including phenoxy) is 1. The first-order valence-corrected chi connectivity index (χ1v) is 5.36. The van der Waals surface area contributed by atoms with Crippen molar-refractivity contribution in [2.24, 2.45) is 0 Å². The molecule has 1 aromatic heterocycles. The highest BCUT2D eigenvalue weighted by atomic mass is 79.9. The van der Waals surface area contributed by atoms with Crippen LogP contribution >= 0.6 is 15.9 Å². The van der Waals surface area contributed by atoms with E-state index < -0.39 is 5.82 Å². The standard InChI is InChI=1S/C11H8BrFN2O/c1-7-11(15-5-4-14-7)16-10-6-8(12)2-3-9(10)13/h2-6H,1H3. The normalized spacial score (nSPS) is 10.2. The van der Waals surface area contributed by atoms with Gasteiger partial charge in [-0.15, -0.1) is 0 Å². The minimum absolute atomic E-state index is 0.123. The third-order valence-corrected chi connectivity index (χ3v) is 2.43. The maximum atomic E-state index is 13.4. The predicted octanol–water partition coefficient (Wildman–Crippen LogP) is 3.48. The number of nitrogens with zero attached hydrogens (tertiary/aromatic N) is 2. The second kappa shape index (κ2) is 4.57. The summed E-state index contributed by atoms with van der Waals surface area (Å²) in [6, 6.07) is 4.47. The molecular formula is C11H8BrFN2O. The second-order valence-corrected chi connectivity index (χ2v) is 4.04. The Morgan fingerprint density at radius 2 is 2.00 bits per heavy atom. The van der Waals surface area contributed by atoms with Gasteiger partial charge in [-0.2, -0.15) is 0 Å². The van der Waals surface area contributed by atoms with Gasteiger partial charge in [-0.25, -0.2) is 9.37 Å². The molecule has 82 valence electrons. The van der Waals surface area contributed by atoms with Crippen LogP contribution in [0.3, 0.4) is 0 Å². The van der Waals surface area contributed by atoms with Crippen LogP contribution in [-0.2, 0) is 0 Å². The van der Waals surface area contributed by atoms with Gasteiger partial charge in [-0.05, 0) is 25.1 Å². The second-order valence-electron chi connectivity index (χ2n) is 3.12. The molecule has 0 bridgehead atoms. The van der Waals surface area contributed by atoms with E-state index in [2.05, 4.69) is 25.9 Å². The number of halogens is 2. The van der Waals surface area contributed by atoms with Crippen molar-refractivity contribution >= 4 is 15.9 Å². The SMILES string of the molecule is Cc1nccnc1Oc1cc(Br)ccc1F. The Morgan fingerprint density at radius 3 is 2.75 bits per heavy atom. The first-order valence-electron chi connectivity index (χ1n) is 4.57. The van der Waals surface area contributed by atoms with E-state index in [0.717, 1.165) is 4.47 Å². The minimum Gasteiger partial charge on any atom is -0.434 e. The molecule has 0 amide bonds. The van der Waals surface area contributed by atoms with Gasteiger partial charge in [0, 0.05) is 16.9 Å². The summed E-state index contributed by atoms with van der Waals surface area (Å²) < 4.78 is 19.5. The lowest BCUT2D eigenvalue weighted by molar-refractivity contribution is 0.421. The molecule has 0 aliphatic rings. The first-order chi connectivity index (χ1) is 7.66. The van der Waals surface area contributed by atoms with Crippen molar-refractivity contribution in [1.29, 1.82) is 0 Å². The Bertz CT molecular complexity index is 519. The molecule has 0 spiro atoms. The highest BCUT2D eigenvalue weighted by Crippen LogP contribution is 2.27. The molecule has 0 aliphatic heterocycles. The van der Waals surface area contributed by atoms with Crippen LogP contribution < -0.4 is 4.74 Å². The lowest BCUT2D eigenvalue weighted by atomic mass is 10.3. The zero-order chi connectivity index (χ0) is 11.5. The summed E-state index contributed by atoms with van der Waals surface area (Å²) in [6.07, 6.45) is 3.05. The molecule has 1 heterocycles. The lowest BCUT2D eigenvalue weighted by Crippen LogP contribution is -1.94. The van der Waals surface area contributed by atoms with Crippen molar-refractivity contribution in [3.63, 3.8) is 0 Å². The van der Waals surface area contributed by atoms with Gasteiger partial charge in [0.1, 0.15) is 0 Å². The molecule has 0 fully saturated rings. The quantitative estimate of drug-likeness (QED) is 0.846. The van der Waals surface area contributed by atoms with E-state index >= 15 is 0 Å². The Labute approximate surface area is 100 Å². The Morgan fingerprint density at radius 1 is 1.25 bits per heavy atom. The van der Waals surface area contributed by atoms with Gasteiger partial charge in [0.2, 0.25) is 5.88 Å². The van der Waals surface area contributed by atoms with E-state index in [4.69, 9.17) is 4.74 Å². The monoisotopic (exact) mass is 282 g/mol. The highest BCUT2D eigenvalue weighted by Gasteiger charge is 2.08. The van der Waals surface area contributed by atoms with E-state index in [-0.39, 0.29) is 5.75 Å². The molecular weight excluding hydrogens is 275 g/mol. The summed E-state index contributed by atoms with van der Waals surface area (Å²) in [4.78, 5) is 7.98. The molecule has 0 saturated heterocycles. The van der Waals surface area contributed by atoms with Gasteiger partial charge in [0.25, 0.3) is 0 Å². The van der Waals surface area contributed by atoms with E-state index in [1.807, 2.05) is 0 Å². The third-order valence-electron chi connectivity index (χ3n) is 1.94. The summed E-state index contributed by atoms with van der Waals surface area (Å²) in [6.45, 7) is 1.75. The molecule has 2 rings (SSSR count). The fourth-order valence-corrected chi connectivity index (χ4v) is 1.49. The van der Waals surface area contributed by atoms with Crippen molar-refractivity contribution < 1.29 is 9.13 Å². The predicted molar refractivity (Wildman–Crippen MR) is 60.9 cm³/mol. The largest absolute Gasteiger partial charge is 0.434 e. The Balaban J connectivity index is 2.34. The summed E-state index contributed by atoms with van der Waals surface area (Å²) in [5, 5.41) is 0. The summed E-state index contributed by atoms with van der Waals surface area (Å²) in [7, 11) is 0. The maximum absolute atomic E-state index is 13.4. The van der Waals surface area contributed by atoms with Crippen LogP contribution in [0.2, 0.25) is 0 Å². The van der Waals surface area contributed by atoms with Crippen LogP contribution in [0.4, 0.5) is 4.39 Å². The number of hydrogen-bond donors (Lipinski definition) is 0. The minimum atomic E-state index is -0.437. The summed E-state index contributed by atoms with van der Waals surface area (Å²) in [5.41, 5.74) is 0.613. The van der Waals surface area contributed by atoms with E-state index in [0.29, 0.717) is 11.6 Å². The van der Waals surface area contributed by atoms with E-state index in [1.54, 1.807) is 25.3 Å². The average Bonchev–Trinajstić information content (AvgIpc) is 2.27. The number of hydrogen-bond acceptors (Lipinski definition) is 3. The van der Waals surface area contributed by atoms with Crippen molar-refractivity contribution in [3.05, 3.63) is 46.6 Å².